The topological polar surface area (TPSA) is 75.7 Å². The highest BCUT2D eigenvalue weighted by Crippen LogP contribution is 2.19. The van der Waals surface area contributed by atoms with Crippen molar-refractivity contribution in [2.45, 2.75) is 30.0 Å². The van der Waals surface area contributed by atoms with Crippen molar-refractivity contribution in [3.63, 3.8) is 0 Å². The Labute approximate surface area is 157 Å². The van der Waals surface area contributed by atoms with Crippen LogP contribution in [0.4, 0.5) is 0 Å². The third kappa shape index (κ3) is 4.84. The van der Waals surface area contributed by atoms with Crippen LogP contribution in [0.15, 0.2) is 46.0 Å². The highest BCUT2D eigenvalue weighted by atomic mass is 32.2. The molecule has 0 atom stereocenters. The van der Waals surface area contributed by atoms with Crippen molar-refractivity contribution in [1.29, 1.82) is 0 Å². The van der Waals surface area contributed by atoms with Crippen LogP contribution in [0.2, 0.25) is 0 Å². The highest BCUT2D eigenvalue weighted by Gasteiger charge is 2.27. The molecule has 1 aliphatic heterocycles. The minimum Gasteiger partial charge on any atom is -0.484 e. The molecule has 140 valence electrons. The maximum atomic E-state index is 12.3. The lowest BCUT2D eigenvalue weighted by molar-refractivity contribution is -0.134. The summed E-state index contributed by atoms with van der Waals surface area (Å²) in [6.07, 6.45) is 1.20. The Morgan fingerprint density at radius 3 is 2.69 bits per heavy atom. The zero-order chi connectivity index (χ0) is 18.6. The fraction of sp³-hybridized carbons (Fsp3) is 0.389. The third-order valence-electron chi connectivity index (χ3n) is 4.28. The SMILES string of the molecule is Cc1cccc(OCC(=O)N2CCC(NS(=O)(=O)c3cccs3)CC2)c1. The van der Waals surface area contributed by atoms with E-state index in [0.717, 1.165) is 5.56 Å². The summed E-state index contributed by atoms with van der Waals surface area (Å²) >= 11 is 1.20. The predicted octanol–water partition coefficient (Wildman–Crippen LogP) is 2.40. The van der Waals surface area contributed by atoms with Crippen molar-refractivity contribution < 1.29 is 17.9 Å². The lowest BCUT2D eigenvalue weighted by Crippen LogP contribution is -2.47. The largest absolute Gasteiger partial charge is 0.484 e. The first-order valence-electron chi connectivity index (χ1n) is 8.47. The van der Waals surface area contributed by atoms with Crippen molar-refractivity contribution in [2.75, 3.05) is 19.7 Å². The van der Waals surface area contributed by atoms with E-state index in [4.69, 9.17) is 4.74 Å². The van der Waals surface area contributed by atoms with E-state index in [1.54, 1.807) is 22.4 Å². The number of piperidine rings is 1. The summed E-state index contributed by atoms with van der Waals surface area (Å²) in [5, 5.41) is 1.74. The van der Waals surface area contributed by atoms with Crippen molar-refractivity contribution in [3.05, 3.63) is 47.3 Å². The molecule has 0 aliphatic carbocycles. The monoisotopic (exact) mass is 394 g/mol. The molecule has 1 fully saturated rings. The van der Waals surface area contributed by atoms with Gasteiger partial charge in [-0.3, -0.25) is 4.79 Å². The van der Waals surface area contributed by atoms with Crippen LogP contribution < -0.4 is 9.46 Å². The number of carbonyl (C=O) groups is 1. The van der Waals surface area contributed by atoms with E-state index in [-0.39, 0.29) is 18.6 Å². The molecule has 2 heterocycles. The quantitative estimate of drug-likeness (QED) is 0.816. The van der Waals surface area contributed by atoms with Crippen molar-refractivity contribution in [1.82, 2.24) is 9.62 Å². The molecule has 1 amide bonds. The number of nitrogens with zero attached hydrogens (tertiary/aromatic N) is 1. The summed E-state index contributed by atoms with van der Waals surface area (Å²) in [6.45, 7) is 3.01. The summed E-state index contributed by atoms with van der Waals surface area (Å²) < 4.78 is 33.1. The Hall–Kier alpha value is -1.90. The second kappa shape index (κ2) is 8.20. The van der Waals surface area contributed by atoms with Crippen molar-refractivity contribution in [2.24, 2.45) is 0 Å². The van der Waals surface area contributed by atoms with Gasteiger partial charge in [0.2, 0.25) is 10.0 Å². The maximum absolute atomic E-state index is 12.3. The summed E-state index contributed by atoms with van der Waals surface area (Å²) in [7, 11) is -3.46. The van der Waals surface area contributed by atoms with E-state index < -0.39 is 10.0 Å². The molecule has 0 spiro atoms. The number of nitrogens with one attached hydrogen (secondary N) is 1. The van der Waals surface area contributed by atoms with Gasteiger partial charge in [0.05, 0.1) is 0 Å². The van der Waals surface area contributed by atoms with Crippen LogP contribution in [0.3, 0.4) is 0 Å². The molecule has 26 heavy (non-hydrogen) atoms. The van der Waals surface area contributed by atoms with Gasteiger partial charge < -0.3 is 9.64 Å². The molecule has 8 heteroatoms. The standard InChI is InChI=1S/C18H22N2O4S2/c1-14-4-2-5-16(12-14)24-13-17(21)20-9-7-15(8-10-20)19-26(22,23)18-6-3-11-25-18/h2-6,11-12,15,19H,7-10,13H2,1H3. The average Bonchev–Trinajstić information content (AvgIpc) is 3.16. The fourth-order valence-electron chi connectivity index (χ4n) is 2.88. The Morgan fingerprint density at radius 1 is 1.27 bits per heavy atom. The minimum absolute atomic E-state index is 0.00492. The van der Waals surface area contributed by atoms with Gasteiger partial charge in [0.1, 0.15) is 9.96 Å². The van der Waals surface area contributed by atoms with Crippen LogP contribution in [-0.4, -0.2) is 45.0 Å². The Kier molecular flexibility index (Phi) is 5.95. The van der Waals surface area contributed by atoms with E-state index in [1.165, 1.54) is 11.3 Å². The Balaban J connectivity index is 1.46. The molecular weight excluding hydrogens is 372 g/mol. The number of rotatable bonds is 6. The molecule has 2 aromatic rings. The van der Waals surface area contributed by atoms with Gasteiger partial charge in [-0.2, -0.15) is 0 Å². The molecule has 0 bridgehead atoms. The van der Waals surface area contributed by atoms with E-state index in [1.807, 2.05) is 31.2 Å². The van der Waals surface area contributed by atoms with Crippen LogP contribution in [0.5, 0.6) is 5.75 Å². The fourth-order valence-corrected chi connectivity index (χ4v) is 5.20. The zero-order valence-electron chi connectivity index (χ0n) is 14.6. The number of hydrogen-bond donors (Lipinski definition) is 1. The minimum atomic E-state index is -3.46. The van der Waals surface area contributed by atoms with E-state index in [0.29, 0.717) is 35.9 Å². The third-order valence-corrected chi connectivity index (χ3v) is 7.20. The first kappa shape index (κ1) is 18.9. The summed E-state index contributed by atoms with van der Waals surface area (Å²) in [5.41, 5.74) is 1.08. The molecule has 3 rings (SSSR count). The first-order valence-corrected chi connectivity index (χ1v) is 10.8. The molecule has 1 N–H and O–H groups in total. The van der Waals surface area contributed by atoms with Crippen LogP contribution in [0, 0.1) is 6.92 Å². The Bertz CT molecular complexity index is 842. The van der Waals surface area contributed by atoms with Gasteiger partial charge in [-0.15, -0.1) is 11.3 Å². The van der Waals surface area contributed by atoms with E-state index >= 15 is 0 Å². The summed E-state index contributed by atoms with van der Waals surface area (Å²) in [5.74, 6) is 0.600. The lowest BCUT2D eigenvalue weighted by atomic mass is 10.1. The van der Waals surface area contributed by atoms with Gasteiger partial charge in [0.15, 0.2) is 6.61 Å². The summed E-state index contributed by atoms with van der Waals surface area (Å²) in [6, 6.07) is 10.7. The first-order chi connectivity index (χ1) is 12.4. The second-order valence-corrected chi connectivity index (χ2v) is 9.20. The van der Waals surface area contributed by atoms with E-state index in [9.17, 15) is 13.2 Å². The number of benzene rings is 1. The smallest absolute Gasteiger partial charge is 0.260 e. The number of aryl methyl sites for hydroxylation is 1. The second-order valence-electron chi connectivity index (χ2n) is 6.31. The van der Waals surface area contributed by atoms with E-state index in [2.05, 4.69) is 4.72 Å². The van der Waals surface area contributed by atoms with Gasteiger partial charge in [-0.05, 0) is 48.9 Å². The highest BCUT2D eigenvalue weighted by molar-refractivity contribution is 7.91. The Morgan fingerprint density at radius 2 is 2.04 bits per heavy atom. The van der Waals surface area contributed by atoms with Crippen LogP contribution in [0.1, 0.15) is 18.4 Å². The summed E-state index contributed by atoms with van der Waals surface area (Å²) in [4.78, 5) is 14.0. The van der Waals surface area contributed by atoms with Gasteiger partial charge in [-0.1, -0.05) is 18.2 Å². The molecule has 0 unspecified atom stereocenters. The molecule has 1 aromatic carbocycles. The number of amides is 1. The molecule has 6 nitrogen and oxygen atoms in total. The molecule has 1 saturated heterocycles. The lowest BCUT2D eigenvalue weighted by Gasteiger charge is -2.32. The van der Waals surface area contributed by atoms with Crippen molar-refractivity contribution in [3.8, 4) is 5.75 Å². The number of thiophene rings is 1. The molecule has 1 aliphatic rings. The van der Waals surface area contributed by atoms with Crippen LogP contribution in [-0.2, 0) is 14.8 Å². The molecule has 0 saturated carbocycles. The number of hydrogen-bond acceptors (Lipinski definition) is 5. The van der Waals surface area contributed by atoms with Gasteiger partial charge in [0, 0.05) is 19.1 Å². The number of carbonyl (C=O) groups excluding carboxylic acids is 1. The molecule has 0 radical (unpaired) electrons. The normalized spacial score (nSPS) is 15.8. The number of likely N-dealkylation sites (tertiary alicyclic amines) is 1. The van der Waals surface area contributed by atoms with Crippen molar-refractivity contribution >= 4 is 27.3 Å². The number of sulfonamides is 1. The van der Waals surface area contributed by atoms with Gasteiger partial charge >= 0.3 is 0 Å². The zero-order valence-corrected chi connectivity index (χ0v) is 16.2. The average molecular weight is 395 g/mol. The number of ether oxygens (including phenoxy) is 1. The molecule has 1 aromatic heterocycles. The van der Waals surface area contributed by atoms with Gasteiger partial charge in [0.25, 0.3) is 5.91 Å². The molecular formula is C18H22N2O4S2. The van der Waals surface area contributed by atoms with Crippen LogP contribution >= 0.6 is 11.3 Å². The van der Waals surface area contributed by atoms with Crippen LogP contribution in [0.25, 0.3) is 0 Å². The predicted molar refractivity (Wildman–Crippen MR) is 101 cm³/mol. The maximum Gasteiger partial charge on any atom is 0.260 e. The van der Waals surface area contributed by atoms with Gasteiger partial charge in [-0.25, -0.2) is 13.1 Å².